The van der Waals surface area contributed by atoms with Gasteiger partial charge in [0.15, 0.2) is 5.82 Å². The van der Waals surface area contributed by atoms with Crippen molar-refractivity contribution < 1.29 is 0 Å². The minimum absolute atomic E-state index is 0.630. The van der Waals surface area contributed by atoms with E-state index in [1.807, 2.05) is 12.1 Å². The fourth-order valence-corrected chi connectivity index (χ4v) is 2.20. The Labute approximate surface area is 105 Å². The molecule has 90 valence electrons. The van der Waals surface area contributed by atoms with Gasteiger partial charge in [-0.25, -0.2) is 4.98 Å². The summed E-state index contributed by atoms with van der Waals surface area (Å²) in [5.74, 6) is 0.719. The van der Waals surface area contributed by atoms with Crippen LogP contribution in [0.15, 0.2) is 30.5 Å². The predicted octanol–water partition coefficient (Wildman–Crippen LogP) is 2.82. The highest BCUT2D eigenvalue weighted by Crippen LogP contribution is 2.25. The van der Waals surface area contributed by atoms with Gasteiger partial charge < -0.3 is 10.7 Å². The number of nitrogens with two attached hydrogens (primary N) is 1. The van der Waals surface area contributed by atoms with Crippen molar-refractivity contribution in [2.24, 2.45) is 0 Å². The zero-order valence-corrected chi connectivity index (χ0v) is 10.4. The SMILES string of the molecule is Cc1cc(C)c2nc(-c3ncccc3N)[nH]c2c1. The van der Waals surface area contributed by atoms with Crippen LogP contribution >= 0.6 is 0 Å². The molecule has 0 bridgehead atoms. The lowest BCUT2D eigenvalue weighted by molar-refractivity contribution is 1.24. The maximum Gasteiger partial charge on any atom is 0.159 e. The van der Waals surface area contributed by atoms with Crippen LogP contribution in [0, 0.1) is 13.8 Å². The molecule has 4 heteroatoms. The van der Waals surface area contributed by atoms with Crippen LogP contribution in [-0.2, 0) is 0 Å². The second-order valence-corrected chi connectivity index (χ2v) is 4.50. The van der Waals surface area contributed by atoms with E-state index in [4.69, 9.17) is 5.73 Å². The van der Waals surface area contributed by atoms with Crippen molar-refractivity contribution in [1.29, 1.82) is 0 Å². The van der Waals surface area contributed by atoms with E-state index in [0.29, 0.717) is 11.4 Å². The molecule has 0 fully saturated rings. The Hall–Kier alpha value is -2.36. The van der Waals surface area contributed by atoms with Crippen LogP contribution < -0.4 is 5.73 Å². The largest absolute Gasteiger partial charge is 0.397 e. The molecule has 0 spiro atoms. The fraction of sp³-hybridized carbons (Fsp3) is 0.143. The summed E-state index contributed by atoms with van der Waals surface area (Å²) < 4.78 is 0. The van der Waals surface area contributed by atoms with Crippen molar-refractivity contribution >= 4 is 16.7 Å². The number of benzene rings is 1. The quantitative estimate of drug-likeness (QED) is 0.685. The number of pyridine rings is 1. The molecule has 18 heavy (non-hydrogen) atoms. The van der Waals surface area contributed by atoms with E-state index < -0.39 is 0 Å². The van der Waals surface area contributed by atoms with Crippen LogP contribution in [0.5, 0.6) is 0 Å². The summed E-state index contributed by atoms with van der Waals surface area (Å²) in [6.07, 6.45) is 1.72. The van der Waals surface area contributed by atoms with Gasteiger partial charge in [0.05, 0.1) is 16.7 Å². The number of nitrogens with zero attached hydrogens (tertiary/aromatic N) is 2. The number of aryl methyl sites for hydroxylation is 2. The lowest BCUT2D eigenvalue weighted by atomic mass is 10.1. The van der Waals surface area contributed by atoms with Crippen LogP contribution in [0.2, 0.25) is 0 Å². The molecule has 0 radical (unpaired) electrons. The Morgan fingerprint density at radius 2 is 2.06 bits per heavy atom. The summed E-state index contributed by atoms with van der Waals surface area (Å²) in [5.41, 5.74) is 11.6. The molecular weight excluding hydrogens is 224 g/mol. The van der Waals surface area contributed by atoms with Crippen molar-refractivity contribution in [3.63, 3.8) is 0 Å². The van der Waals surface area contributed by atoms with E-state index >= 15 is 0 Å². The molecule has 0 saturated carbocycles. The molecule has 2 aromatic heterocycles. The van der Waals surface area contributed by atoms with Crippen LogP contribution in [0.4, 0.5) is 5.69 Å². The predicted molar refractivity (Wildman–Crippen MR) is 73.2 cm³/mol. The zero-order valence-electron chi connectivity index (χ0n) is 10.4. The number of rotatable bonds is 1. The number of anilines is 1. The van der Waals surface area contributed by atoms with Gasteiger partial charge in [-0.05, 0) is 43.2 Å². The van der Waals surface area contributed by atoms with Gasteiger partial charge in [-0.2, -0.15) is 0 Å². The summed E-state index contributed by atoms with van der Waals surface area (Å²) in [6, 6.07) is 7.84. The van der Waals surface area contributed by atoms with Gasteiger partial charge in [0.1, 0.15) is 5.69 Å². The Kier molecular flexibility index (Phi) is 2.30. The highest BCUT2D eigenvalue weighted by molar-refractivity contribution is 5.84. The number of nitrogen functional groups attached to an aromatic ring is 1. The maximum absolute atomic E-state index is 5.92. The summed E-state index contributed by atoms with van der Waals surface area (Å²) in [6.45, 7) is 4.13. The molecule has 2 heterocycles. The van der Waals surface area contributed by atoms with Crippen molar-refractivity contribution in [1.82, 2.24) is 15.0 Å². The number of H-pyrrole nitrogens is 1. The zero-order chi connectivity index (χ0) is 12.7. The normalized spacial score (nSPS) is 11.0. The fourth-order valence-electron chi connectivity index (χ4n) is 2.20. The number of hydrogen-bond acceptors (Lipinski definition) is 3. The Bertz CT molecular complexity index is 728. The van der Waals surface area contributed by atoms with Crippen molar-refractivity contribution in [2.75, 3.05) is 5.73 Å². The van der Waals surface area contributed by atoms with E-state index in [-0.39, 0.29) is 0 Å². The molecule has 0 aliphatic rings. The van der Waals surface area contributed by atoms with Gasteiger partial charge in [0.2, 0.25) is 0 Å². The Balaban J connectivity index is 2.26. The second kappa shape index (κ2) is 3.84. The molecular formula is C14H14N4. The lowest BCUT2D eigenvalue weighted by Crippen LogP contribution is -1.93. The smallest absolute Gasteiger partial charge is 0.159 e. The average Bonchev–Trinajstić information content (AvgIpc) is 2.73. The van der Waals surface area contributed by atoms with Gasteiger partial charge >= 0.3 is 0 Å². The third-order valence-electron chi connectivity index (χ3n) is 2.98. The average molecular weight is 238 g/mol. The molecule has 0 atom stereocenters. The van der Waals surface area contributed by atoms with Crippen LogP contribution in [0.3, 0.4) is 0 Å². The van der Waals surface area contributed by atoms with Gasteiger partial charge in [-0.15, -0.1) is 0 Å². The summed E-state index contributed by atoms with van der Waals surface area (Å²) >= 11 is 0. The van der Waals surface area contributed by atoms with Gasteiger partial charge in [-0.3, -0.25) is 4.98 Å². The van der Waals surface area contributed by atoms with E-state index in [2.05, 4.69) is 40.9 Å². The van der Waals surface area contributed by atoms with E-state index in [1.54, 1.807) is 6.20 Å². The molecule has 4 nitrogen and oxygen atoms in total. The molecule has 3 rings (SSSR count). The van der Waals surface area contributed by atoms with Gasteiger partial charge in [0, 0.05) is 6.20 Å². The first-order valence-corrected chi connectivity index (χ1v) is 5.83. The van der Waals surface area contributed by atoms with Crippen LogP contribution in [0.1, 0.15) is 11.1 Å². The third kappa shape index (κ3) is 1.62. The molecule has 0 aliphatic carbocycles. The first-order chi connectivity index (χ1) is 8.65. The first kappa shape index (κ1) is 10.8. The minimum atomic E-state index is 0.630. The minimum Gasteiger partial charge on any atom is -0.397 e. The van der Waals surface area contributed by atoms with E-state index in [9.17, 15) is 0 Å². The number of imidazole rings is 1. The summed E-state index contributed by atoms with van der Waals surface area (Å²) in [4.78, 5) is 12.1. The van der Waals surface area contributed by atoms with Crippen LogP contribution in [-0.4, -0.2) is 15.0 Å². The molecule has 0 saturated heterocycles. The standard InChI is InChI=1S/C14H14N4/c1-8-6-9(2)12-11(7-8)17-14(18-12)13-10(15)4-3-5-16-13/h3-7H,15H2,1-2H3,(H,17,18). The number of hydrogen-bond donors (Lipinski definition) is 2. The highest BCUT2D eigenvalue weighted by atomic mass is 15.0. The van der Waals surface area contributed by atoms with E-state index in [1.165, 1.54) is 5.56 Å². The molecule has 3 N–H and O–H groups in total. The monoisotopic (exact) mass is 238 g/mol. The number of fused-ring (bicyclic) bond motifs is 1. The van der Waals surface area contributed by atoms with Gasteiger partial charge in [-0.1, -0.05) is 6.07 Å². The van der Waals surface area contributed by atoms with Crippen LogP contribution in [0.25, 0.3) is 22.6 Å². The Morgan fingerprint density at radius 1 is 1.22 bits per heavy atom. The second-order valence-electron chi connectivity index (χ2n) is 4.50. The topological polar surface area (TPSA) is 67.6 Å². The molecule has 3 aromatic rings. The molecule has 0 unspecified atom stereocenters. The number of aromatic amines is 1. The summed E-state index contributed by atoms with van der Waals surface area (Å²) in [7, 11) is 0. The lowest BCUT2D eigenvalue weighted by Gasteiger charge is -1.98. The molecule has 0 amide bonds. The maximum atomic E-state index is 5.92. The first-order valence-electron chi connectivity index (χ1n) is 5.83. The van der Waals surface area contributed by atoms with Gasteiger partial charge in [0.25, 0.3) is 0 Å². The number of nitrogens with one attached hydrogen (secondary N) is 1. The van der Waals surface area contributed by atoms with Crippen molar-refractivity contribution in [3.8, 4) is 11.5 Å². The number of aromatic nitrogens is 3. The molecule has 0 aliphatic heterocycles. The summed E-state index contributed by atoms with van der Waals surface area (Å²) in [5, 5.41) is 0. The Morgan fingerprint density at radius 3 is 2.83 bits per heavy atom. The molecule has 1 aromatic carbocycles. The van der Waals surface area contributed by atoms with E-state index in [0.717, 1.165) is 22.4 Å². The van der Waals surface area contributed by atoms with Crippen molar-refractivity contribution in [2.45, 2.75) is 13.8 Å². The third-order valence-corrected chi connectivity index (χ3v) is 2.98. The highest BCUT2D eigenvalue weighted by Gasteiger charge is 2.10. The van der Waals surface area contributed by atoms with Crippen molar-refractivity contribution in [3.05, 3.63) is 41.6 Å².